The van der Waals surface area contributed by atoms with Crippen molar-refractivity contribution in [2.24, 2.45) is 5.92 Å². The van der Waals surface area contributed by atoms with Crippen molar-refractivity contribution in [1.82, 2.24) is 5.32 Å². The number of halogens is 3. The Labute approximate surface area is 177 Å². The second kappa shape index (κ2) is 9.72. The summed E-state index contributed by atoms with van der Waals surface area (Å²) in [6, 6.07) is 13.2. The molecular weight excluding hydrogens is 413 g/mol. The van der Waals surface area contributed by atoms with Gasteiger partial charge < -0.3 is 19.7 Å². The van der Waals surface area contributed by atoms with E-state index in [0.29, 0.717) is 23.6 Å². The summed E-state index contributed by atoms with van der Waals surface area (Å²) in [6.07, 6.45) is -4.31. The van der Waals surface area contributed by atoms with Crippen LogP contribution in [0.2, 0.25) is 0 Å². The molecule has 0 spiro atoms. The molecule has 1 aliphatic heterocycles. The maximum absolute atomic E-state index is 12.6. The Morgan fingerprint density at radius 3 is 2.52 bits per heavy atom. The molecule has 166 valence electrons. The van der Waals surface area contributed by atoms with Crippen LogP contribution in [0.5, 0.6) is 11.5 Å². The molecule has 2 amide bonds. The monoisotopic (exact) mass is 436 g/mol. The summed E-state index contributed by atoms with van der Waals surface area (Å²) in [5.74, 6) is -0.234. The van der Waals surface area contributed by atoms with Gasteiger partial charge >= 0.3 is 6.18 Å². The number of nitrogens with one attached hydrogen (secondary N) is 1. The molecule has 1 atom stereocenters. The zero-order valence-corrected chi connectivity index (χ0v) is 16.9. The molecule has 0 saturated carbocycles. The molecule has 0 radical (unpaired) electrons. The lowest BCUT2D eigenvalue weighted by atomic mass is 10.1. The topological polar surface area (TPSA) is 67.9 Å². The molecule has 3 rings (SSSR count). The normalized spacial score (nSPS) is 16.3. The van der Waals surface area contributed by atoms with E-state index >= 15 is 0 Å². The minimum atomic E-state index is -4.40. The van der Waals surface area contributed by atoms with E-state index in [0.717, 1.165) is 0 Å². The summed E-state index contributed by atoms with van der Waals surface area (Å²) >= 11 is 0. The highest BCUT2D eigenvalue weighted by Crippen LogP contribution is 2.33. The summed E-state index contributed by atoms with van der Waals surface area (Å²) in [6.45, 7) is 1.40. The van der Waals surface area contributed by atoms with Gasteiger partial charge in [-0.1, -0.05) is 24.3 Å². The molecule has 31 heavy (non-hydrogen) atoms. The van der Waals surface area contributed by atoms with Crippen LogP contribution in [0.1, 0.15) is 18.9 Å². The van der Waals surface area contributed by atoms with Crippen molar-refractivity contribution in [3.05, 3.63) is 54.1 Å². The van der Waals surface area contributed by atoms with Crippen LogP contribution in [0.3, 0.4) is 0 Å². The number of hydrogen-bond acceptors (Lipinski definition) is 4. The maximum atomic E-state index is 12.6. The van der Waals surface area contributed by atoms with E-state index in [4.69, 9.17) is 4.74 Å². The molecule has 6 nitrogen and oxygen atoms in total. The van der Waals surface area contributed by atoms with Crippen molar-refractivity contribution in [2.75, 3.05) is 24.7 Å². The van der Waals surface area contributed by atoms with E-state index in [9.17, 15) is 22.8 Å². The molecule has 1 heterocycles. The van der Waals surface area contributed by atoms with Gasteiger partial charge in [0.05, 0.1) is 18.2 Å². The molecule has 2 aromatic rings. The van der Waals surface area contributed by atoms with Crippen molar-refractivity contribution in [3.63, 3.8) is 0 Å². The molecule has 0 aromatic heterocycles. The van der Waals surface area contributed by atoms with Gasteiger partial charge in [-0.25, -0.2) is 0 Å². The average molecular weight is 436 g/mol. The number of rotatable bonds is 8. The summed E-state index contributed by atoms with van der Waals surface area (Å²) in [5.41, 5.74) is 1.34. The fourth-order valence-corrected chi connectivity index (χ4v) is 3.28. The molecule has 2 aromatic carbocycles. The van der Waals surface area contributed by atoms with E-state index in [1.54, 1.807) is 35.2 Å². The lowest BCUT2D eigenvalue weighted by Gasteiger charge is -2.20. The van der Waals surface area contributed by atoms with Gasteiger partial charge in [-0.05, 0) is 36.8 Å². The number of anilines is 1. The van der Waals surface area contributed by atoms with E-state index in [1.165, 1.54) is 12.1 Å². The first-order valence-corrected chi connectivity index (χ1v) is 9.85. The minimum absolute atomic E-state index is 0.0938. The quantitative estimate of drug-likeness (QED) is 0.685. The van der Waals surface area contributed by atoms with Crippen LogP contribution in [-0.2, 0) is 16.1 Å². The lowest BCUT2D eigenvalue weighted by Crippen LogP contribution is -2.32. The molecule has 1 N–H and O–H groups in total. The number of amides is 2. The van der Waals surface area contributed by atoms with Gasteiger partial charge in [-0.15, -0.1) is 0 Å². The number of hydrogen-bond donors (Lipinski definition) is 1. The number of alkyl halides is 3. The van der Waals surface area contributed by atoms with E-state index in [1.807, 2.05) is 13.0 Å². The zero-order chi connectivity index (χ0) is 22.4. The van der Waals surface area contributed by atoms with Gasteiger partial charge in [0, 0.05) is 19.5 Å². The molecule has 1 fully saturated rings. The number of carbonyl (C=O) groups excluding carboxylic acids is 2. The first-order valence-electron chi connectivity index (χ1n) is 9.85. The standard InChI is InChI=1S/C22H23F3N2O4/c1-2-30-19-6-4-3-5-18(19)27-13-16(11-20(27)28)21(29)26-12-15-7-9-17(10-8-15)31-14-22(23,24)25/h3-10,16H,2,11-14H2,1H3,(H,26,29). The van der Waals surface area contributed by atoms with Crippen molar-refractivity contribution in [2.45, 2.75) is 26.1 Å². The predicted octanol–water partition coefficient (Wildman–Crippen LogP) is 3.70. The highest BCUT2D eigenvalue weighted by molar-refractivity contribution is 6.01. The predicted molar refractivity (Wildman–Crippen MR) is 108 cm³/mol. The number of benzene rings is 2. The van der Waals surface area contributed by atoms with E-state index in [2.05, 4.69) is 10.1 Å². The van der Waals surface area contributed by atoms with Crippen LogP contribution in [0.25, 0.3) is 0 Å². The Bertz CT molecular complexity index is 916. The fourth-order valence-electron chi connectivity index (χ4n) is 3.28. The van der Waals surface area contributed by atoms with Crippen LogP contribution in [0, 0.1) is 5.92 Å². The van der Waals surface area contributed by atoms with Gasteiger partial charge in [-0.3, -0.25) is 9.59 Å². The number of para-hydroxylation sites is 2. The Hall–Kier alpha value is -3.23. The van der Waals surface area contributed by atoms with E-state index in [-0.39, 0.29) is 37.1 Å². The van der Waals surface area contributed by atoms with Crippen molar-refractivity contribution < 1.29 is 32.2 Å². The third-order valence-corrected chi connectivity index (χ3v) is 4.74. The zero-order valence-electron chi connectivity index (χ0n) is 16.9. The average Bonchev–Trinajstić information content (AvgIpc) is 3.13. The second-order valence-corrected chi connectivity index (χ2v) is 7.07. The molecule has 9 heteroatoms. The smallest absolute Gasteiger partial charge is 0.422 e. The largest absolute Gasteiger partial charge is 0.492 e. The summed E-state index contributed by atoms with van der Waals surface area (Å²) in [5, 5.41) is 2.78. The lowest BCUT2D eigenvalue weighted by molar-refractivity contribution is -0.153. The van der Waals surface area contributed by atoms with Gasteiger partial charge in [-0.2, -0.15) is 13.2 Å². The number of ether oxygens (including phenoxy) is 2. The summed E-state index contributed by atoms with van der Waals surface area (Å²) in [4.78, 5) is 26.6. The molecule has 1 saturated heterocycles. The van der Waals surface area contributed by atoms with Crippen LogP contribution in [0.15, 0.2) is 48.5 Å². The summed E-state index contributed by atoms with van der Waals surface area (Å²) in [7, 11) is 0. The third kappa shape index (κ3) is 6.13. The highest BCUT2D eigenvalue weighted by atomic mass is 19.4. The molecular formula is C22H23F3N2O4. The Morgan fingerprint density at radius 2 is 1.84 bits per heavy atom. The Kier molecular flexibility index (Phi) is 7.04. The highest BCUT2D eigenvalue weighted by Gasteiger charge is 2.36. The van der Waals surface area contributed by atoms with Gasteiger partial charge in [0.2, 0.25) is 11.8 Å². The molecule has 0 bridgehead atoms. The minimum Gasteiger partial charge on any atom is -0.492 e. The second-order valence-electron chi connectivity index (χ2n) is 7.07. The van der Waals surface area contributed by atoms with Gasteiger partial charge in [0.25, 0.3) is 0 Å². The van der Waals surface area contributed by atoms with E-state index < -0.39 is 18.7 Å². The van der Waals surface area contributed by atoms with Crippen molar-refractivity contribution in [3.8, 4) is 11.5 Å². The number of carbonyl (C=O) groups is 2. The van der Waals surface area contributed by atoms with Crippen LogP contribution >= 0.6 is 0 Å². The van der Waals surface area contributed by atoms with Crippen LogP contribution in [-0.4, -0.2) is 37.7 Å². The van der Waals surface area contributed by atoms with Gasteiger partial charge in [0.1, 0.15) is 11.5 Å². The van der Waals surface area contributed by atoms with Crippen molar-refractivity contribution >= 4 is 17.5 Å². The molecule has 0 aliphatic carbocycles. The Morgan fingerprint density at radius 1 is 1.13 bits per heavy atom. The summed E-state index contributed by atoms with van der Waals surface area (Å²) < 4.78 is 46.8. The van der Waals surface area contributed by atoms with Crippen molar-refractivity contribution in [1.29, 1.82) is 0 Å². The van der Waals surface area contributed by atoms with Gasteiger partial charge in [0.15, 0.2) is 6.61 Å². The Balaban J connectivity index is 1.54. The first kappa shape index (κ1) is 22.5. The van der Waals surface area contributed by atoms with Crippen LogP contribution in [0.4, 0.5) is 18.9 Å². The number of nitrogens with zero attached hydrogens (tertiary/aromatic N) is 1. The van der Waals surface area contributed by atoms with Crippen LogP contribution < -0.4 is 19.7 Å². The molecule has 1 unspecified atom stereocenters. The SMILES string of the molecule is CCOc1ccccc1N1CC(C(=O)NCc2ccc(OCC(F)(F)F)cc2)CC1=O. The first-order chi connectivity index (χ1) is 14.8. The molecule has 1 aliphatic rings. The third-order valence-electron chi connectivity index (χ3n) is 4.74. The fraction of sp³-hybridized carbons (Fsp3) is 0.364. The maximum Gasteiger partial charge on any atom is 0.422 e.